The molecule has 6 heteroatoms. The predicted octanol–water partition coefficient (Wildman–Crippen LogP) is 0.761. The lowest BCUT2D eigenvalue weighted by atomic mass is 9.95. The third kappa shape index (κ3) is 3.58. The number of hydrogen-bond acceptors (Lipinski definition) is 4. The van der Waals surface area contributed by atoms with Crippen molar-refractivity contribution in [1.29, 1.82) is 0 Å². The van der Waals surface area contributed by atoms with Crippen molar-refractivity contribution in [3.8, 4) is 17.2 Å². The van der Waals surface area contributed by atoms with Crippen LogP contribution in [0.15, 0.2) is 66.0 Å². The third-order valence-electron chi connectivity index (χ3n) is 3.91. The zero-order valence-electron chi connectivity index (χ0n) is 14.0. The highest BCUT2D eigenvalue weighted by atomic mass is 16.5. The van der Waals surface area contributed by atoms with E-state index >= 15 is 0 Å². The van der Waals surface area contributed by atoms with Gasteiger partial charge in [-0.05, 0) is 47.5 Å². The Labute approximate surface area is 146 Å². The fourth-order valence-corrected chi connectivity index (χ4v) is 2.69. The summed E-state index contributed by atoms with van der Waals surface area (Å²) >= 11 is 0. The summed E-state index contributed by atoms with van der Waals surface area (Å²) in [4.78, 5) is 0. The molecule has 7 N–H and O–H groups in total. The molecule has 0 radical (unpaired) electrons. The monoisotopic (exact) mass is 337 g/mol. The summed E-state index contributed by atoms with van der Waals surface area (Å²) in [6, 6.07) is 15.1. The van der Waals surface area contributed by atoms with Crippen molar-refractivity contribution in [2.75, 3.05) is 13.7 Å². The number of nitrogens with one attached hydrogen (secondary N) is 1. The number of methoxy groups -OCH3 is 1. The Bertz CT molecular complexity index is 837. The number of dihydropyridines is 1. The maximum Gasteiger partial charge on any atom is 0.273 e. The number of rotatable bonds is 5. The van der Waals surface area contributed by atoms with Gasteiger partial charge in [-0.1, -0.05) is 12.1 Å². The molecule has 0 unspecified atom stereocenters. The van der Waals surface area contributed by atoms with Crippen molar-refractivity contribution in [2.45, 2.75) is 0 Å². The molecule has 0 bridgehead atoms. The highest BCUT2D eigenvalue weighted by Gasteiger charge is 2.20. The van der Waals surface area contributed by atoms with Crippen LogP contribution >= 0.6 is 0 Å². The Hall–Kier alpha value is -3.41. The Kier molecular flexibility index (Phi) is 4.61. The predicted molar refractivity (Wildman–Crippen MR) is 97.8 cm³/mol. The van der Waals surface area contributed by atoms with Crippen LogP contribution in [0, 0.1) is 0 Å². The average Bonchev–Trinajstić information content (AvgIpc) is 2.62. The maximum absolute atomic E-state index is 5.99. The smallest absolute Gasteiger partial charge is 0.273 e. The van der Waals surface area contributed by atoms with Crippen LogP contribution in [-0.2, 0) is 0 Å². The summed E-state index contributed by atoms with van der Waals surface area (Å²) in [6.45, 7) is 0.604. The fourth-order valence-electron chi connectivity index (χ4n) is 2.69. The quantitative estimate of drug-likeness (QED) is 0.476. The van der Waals surface area contributed by atoms with Gasteiger partial charge in [0.1, 0.15) is 17.2 Å². The van der Waals surface area contributed by atoms with Crippen LogP contribution in [-0.4, -0.2) is 19.5 Å². The van der Waals surface area contributed by atoms with Gasteiger partial charge in [0.25, 0.3) is 5.84 Å². The summed E-state index contributed by atoms with van der Waals surface area (Å²) < 4.78 is 11.0. The molecule has 0 saturated heterocycles. The molecule has 25 heavy (non-hydrogen) atoms. The molecule has 0 saturated carbocycles. The second-order valence-electron chi connectivity index (χ2n) is 5.59. The zero-order chi connectivity index (χ0) is 17.8. The van der Waals surface area contributed by atoms with E-state index in [0.717, 1.165) is 28.4 Å². The minimum Gasteiger partial charge on any atom is -0.497 e. The first-order valence-electron chi connectivity index (χ1n) is 7.81. The lowest BCUT2D eigenvalue weighted by molar-refractivity contribution is -0.114. The third-order valence-corrected chi connectivity index (χ3v) is 3.91. The van der Waals surface area contributed by atoms with E-state index in [2.05, 4.69) is 5.32 Å². The van der Waals surface area contributed by atoms with Crippen molar-refractivity contribution in [1.82, 2.24) is 5.32 Å². The van der Waals surface area contributed by atoms with Crippen LogP contribution < -0.4 is 31.7 Å². The summed E-state index contributed by atoms with van der Waals surface area (Å²) in [6.07, 6.45) is 1.71. The van der Waals surface area contributed by atoms with Gasteiger partial charge in [0.05, 0.1) is 18.4 Å². The van der Waals surface area contributed by atoms with Crippen LogP contribution in [0.4, 0.5) is 0 Å². The van der Waals surface area contributed by atoms with E-state index in [1.807, 2.05) is 48.5 Å². The van der Waals surface area contributed by atoms with Crippen LogP contribution in [0.5, 0.6) is 17.2 Å². The van der Waals surface area contributed by atoms with E-state index < -0.39 is 0 Å². The second kappa shape index (κ2) is 7.00. The number of amidine groups is 1. The average molecular weight is 337 g/mol. The molecule has 2 aromatic carbocycles. The van der Waals surface area contributed by atoms with Crippen molar-refractivity contribution in [3.05, 3.63) is 71.6 Å². The van der Waals surface area contributed by atoms with Crippen LogP contribution in [0.2, 0.25) is 0 Å². The number of ether oxygens (including phenoxy) is 2. The highest BCUT2D eigenvalue weighted by molar-refractivity contribution is 6.05. The SMILES string of the molecule is COc1ccc(Oc2ccc(C3=C(C(N)=[NH2+])C(N)=CNC3)cc2)cc1. The molecule has 0 aromatic heterocycles. The molecule has 6 nitrogen and oxygen atoms in total. The molecular formula is C19H21N4O2+. The van der Waals surface area contributed by atoms with Crippen molar-refractivity contribution in [2.24, 2.45) is 11.5 Å². The molecule has 0 spiro atoms. The molecule has 128 valence electrons. The summed E-state index contributed by atoms with van der Waals surface area (Å²) in [5.41, 5.74) is 14.9. The van der Waals surface area contributed by atoms with Gasteiger partial charge in [-0.3, -0.25) is 11.1 Å². The molecule has 1 heterocycles. The molecular weight excluding hydrogens is 316 g/mol. The van der Waals surface area contributed by atoms with Gasteiger partial charge < -0.3 is 20.5 Å². The second-order valence-corrected chi connectivity index (χ2v) is 5.59. The Morgan fingerprint density at radius 3 is 2.12 bits per heavy atom. The fraction of sp³-hybridized carbons (Fsp3) is 0.105. The first-order chi connectivity index (χ1) is 12.1. The summed E-state index contributed by atoms with van der Waals surface area (Å²) in [7, 11) is 1.63. The Balaban J connectivity index is 1.83. The van der Waals surface area contributed by atoms with Gasteiger partial charge in [-0.25, -0.2) is 0 Å². The minimum absolute atomic E-state index is 0.212. The van der Waals surface area contributed by atoms with E-state index in [1.54, 1.807) is 13.3 Å². The van der Waals surface area contributed by atoms with E-state index in [9.17, 15) is 0 Å². The van der Waals surface area contributed by atoms with E-state index in [0.29, 0.717) is 17.8 Å². The van der Waals surface area contributed by atoms with Gasteiger partial charge in [0.15, 0.2) is 0 Å². The summed E-state index contributed by atoms with van der Waals surface area (Å²) in [5, 5.41) is 8.91. The Morgan fingerprint density at radius 2 is 1.56 bits per heavy atom. The van der Waals surface area contributed by atoms with Crippen molar-refractivity contribution in [3.63, 3.8) is 0 Å². The highest BCUT2D eigenvalue weighted by Crippen LogP contribution is 2.28. The van der Waals surface area contributed by atoms with Gasteiger partial charge >= 0.3 is 0 Å². The topological polar surface area (TPSA) is 108 Å². The Morgan fingerprint density at radius 1 is 1.00 bits per heavy atom. The molecule has 0 fully saturated rings. The molecule has 0 aliphatic carbocycles. The van der Waals surface area contributed by atoms with E-state index in [-0.39, 0.29) is 5.84 Å². The molecule has 2 aromatic rings. The molecule has 0 atom stereocenters. The van der Waals surface area contributed by atoms with Crippen molar-refractivity contribution >= 4 is 11.4 Å². The number of hydrogen-bond donors (Lipinski definition) is 4. The standard InChI is InChI=1S/C19H20N4O2/c1-24-13-6-8-15(9-7-13)25-14-4-2-12(3-5-14)16-10-23-11-17(20)18(16)19(21)22/h2-9,11,23H,10,20H2,1H3,(H3,21,22)/p+1. The van der Waals surface area contributed by atoms with Crippen molar-refractivity contribution < 1.29 is 14.9 Å². The van der Waals surface area contributed by atoms with E-state index in [4.69, 9.17) is 26.4 Å². The molecule has 3 rings (SSSR count). The van der Waals surface area contributed by atoms with Gasteiger partial charge in [0, 0.05) is 12.7 Å². The normalized spacial score (nSPS) is 13.7. The van der Waals surface area contributed by atoms with Gasteiger partial charge in [-0.15, -0.1) is 0 Å². The van der Waals surface area contributed by atoms with Crippen LogP contribution in [0.25, 0.3) is 5.57 Å². The molecule has 1 aliphatic rings. The van der Waals surface area contributed by atoms with Crippen LogP contribution in [0.3, 0.4) is 0 Å². The van der Waals surface area contributed by atoms with Gasteiger partial charge in [-0.2, -0.15) is 0 Å². The minimum atomic E-state index is 0.212. The number of nitrogens with two attached hydrogens (primary N) is 3. The van der Waals surface area contributed by atoms with E-state index in [1.165, 1.54) is 0 Å². The lowest BCUT2D eigenvalue weighted by Gasteiger charge is -2.18. The first-order valence-corrected chi connectivity index (χ1v) is 7.81. The zero-order valence-corrected chi connectivity index (χ0v) is 14.0. The number of benzene rings is 2. The molecule has 1 aliphatic heterocycles. The largest absolute Gasteiger partial charge is 0.497 e. The maximum atomic E-state index is 5.99. The van der Waals surface area contributed by atoms with Crippen LogP contribution in [0.1, 0.15) is 5.56 Å². The lowest BCUT2D eigenvalue weighted by Crippen LogP contribution is -2.49. The van der Waals surface area contributed by atoms with Gasteiger partial charge in [0.2, 0.25) is 0 Å². The summed E-state index contributed by atoms with van der Waals surface area (Å²) in [5.74, 6) is 2.46. The molecule has 0 amide bonds. The first kappa shape index (κ1) is 16.4.